The smallest absolute Gasteiger partial charge is 0.192 e. The number of hydrogen-bond acceptors (Lipinski definition) is 4. The number of fused-ring (bicyclic) bond motifs is 1. The van der Waals surface area contributed by atoms with Crippen LogP contribution in [0, 0.1) is 5.92 Å². The van der Waals surface area contributed by atoms with E-state index in [0.717, 1.165) is 0 Å². The van der Waals surface area contributed by atoms with Crippen molar-refractivity contribution in [3.63, 3.8) is 0 Å². The number of allylic oxidation sites excluding steroid dienone is 2. The Labute approximate surface area is 141 Å². The number of aliphatic hydroxyl groups excluding tert-OH is 1. The van der Waals surface area contributed by atoms with Gasteiger partial charge in [-0.3, -0.25) is 0 Å². The van der Waals surface area contributed by atoms with Crippen molar-refractivity contribution in [2.45, 2.75) is 76.8 Å². The minimum absolute atomic E-state index is 0.0653. The predicted molar refractivity (Wildman–Crippen MR) is 94.8 cm³/mol. The van der Waals surface area contributed by atoms with Crippen LogP contribution in [0.5, 0.6) is 0 Å². The molecular formula is C18H32O4Si. The molecule has 0 aromatic heterocycles. The Hall–Kier alpha value is -0.463. The molecule has 0 spiro atoms. The first-order chi connectivity index (χ1) is 10.4. The fourth-order valence-corrected chi connectivity index (χ4v) is 3.73. The van der Waals surface area contributed by atoms with Gasteiger partial charge in [-0.25, -0.2) is 0 Å². The highest BCUT2D eigenvalue weighted by Gasteiger charge is 2.48. The molecule has 1 fully saturated rings. The summed E-state index contributed by atoms with van der Waals surface area (Å²) in [6, 6.07) is 0. The number of rotatable bonds is 3. The Morgan fingerprint density at radius 3 is 2.26 bits per heavy atom. The van der Waals surface area contributed by atoms with Gasteiger partial charge >= 0.3 is 0 Å². The summed E-state index contributed by atoms with van der Waals surface area (Å²) in [4.78, 5) is 0. The van der Waals surface area contributed by atoms with Gasteiger partial charge in [0, 0.05) is 12.5 Å². The summed E-state index contributed by atoms with van der Waals surface area (Å²) >= 11 is 0. The third-order valence-electron chi connectivity index (χ3n) is 5.14. The van der Waals surface area contributed by atoms with E-state index in [-0.39, 0.29) is 23.2 Å². The Bertz CT molecular complexity index is 476. The van der Waals surface area contributed by atoms with Crippen molar-refractivity contribution < 1.29 is 19.0 Å². The molecule has 0 bridgehead atoms. The minimum atomic E-state index is -1.83. The van der Waals surface area contributed by atoms with E-state index in [4.69, 9.17) is 13.9 Å². The van der Waals surface area contributed by atoms with Crippen LogP contribution in [-0.2, 0) is 13.9 Å². The third-order valence-corrected chi connectivity index (χ3v) is 9.64. The fourth-order valence-electron chi connectivity index (χ4n) is 2.69. The predicted octanol–water partition coefficient (Wildman–Crippen LogP) is 3.63. The SMILES string of the molecule is CC1(C)O[C@@H]2[C@H](O1)[C@H](CO[Si](C)(C)C(C)(C)C)/C=C\C=C[C@@H]2O. The fraction of sp³-hybridized carbons (Fsp3) is 0.778. The average Bonchev–Trinajstić information content (AvgIpc) is 2.70. The molecule has 2 rings (SSSR count). The molecule has 1 N–H and O–H groups in total. The zero-order valence-electron chi connectivity index (χ0n) is 15.5. The minimum Gasteiger partial charge on any atom is -0.416 e. The lowest BCUT2D eigenvalue weighted by Crippen LogP contribution is -2.45. The van der Waals surface area contributed by atoms with Crippen molar-refractivity contribution in [3.05, 3.63) is 24.3 Å². The molecular weight excluding hydrogens is 308 g/mol. The Balaban J connectivity index is 2.16. The monoisotopic (exact) mass is 340 g/mol. The summed E-state index contributed by atoms with van der Waals surface area (Å²) < 4.78 is 18.4. The summed E-state index contributed by atoms with van der Waals surface area (Å²) in [6.07, 6.45) is 6.47. The van der Waals surface area contributed by atoms with E-state index in [2.05, 4.69) is 39.9 Å². The molecule has 1 aliphatic carbocycles. The maximum atomic E-state index is 10.3. The molecule has 0 aromatic rings. The van der Waals surface area contributed by atoms with E-state index in [1.807, 2.05) is 26.0 Å². The molecule has 4 atom stereocenters. The Kier molecular flexibility index (Phi) is 5.29. The van der Waals surface area contributed by atoms with Gasteiger partial charge in [0.1, 0.15) is 12.2 Å². The van der Waals surface area contributed by atoms with Crippen molar-refractivity contribution >= 4 is 8.32 Å². The van der Waals surface area contributed by atoms with Gasteiger partial charge in [-0.05, 0) is 32.0 Å². The van der Waals surface area contributed by atoms with Crippen LogP contribution in [0.15, 0.2) is 24.3 Å². The molecule has 0 aromatic carbocycles. The summed E-state index contributed by atoms with van der Waals surface area (Å²) in [7, 11) is -1.83. The van der Waals surface area contributed by atoms with Gasteiger partial charge < -0.3 is 19.0 Å². The molecule has 0 amide bonds. The molecule has 23 heavy (non-hydrogen) atoms. The first-order valence-corrected chi connectivity index (χ1v) is 11.4. The number of aliphatic hydroxyl groups is 1. The largest absolute Gasteiger partial charge is 0.416 e. The second kappa shape index (κ2) is 6.45. The van der Waals surface area contributed by atoms with Gasteiger partial charge in [-0.15, -0.1) is 0 Å². The zero-order valence-corrected chi connectivity index (χ0v) is 16.5. The van der Waals surface area contributed by atoms with Crippen LogP contribution < -0.4 is 0 Å². The first kappa shape index (κ1) is 18.9. The van der Waals surface area contributed by atoms with Crippen LogP contribution in [0.25, 0.3) is 0 Å². The van der Waals surface area contributed by atoms with E-state index >= 15 is 0 Å². The highest BCUT2D eigenvalue weighted by atomic mass is 28.4. The number of hydrogen-bond donors (Lipinski definition) is 1. The summed E-state index contributed by atoms with van der Waals surface area (Å²) in [5.74, 6) is -0.618. The lowest BCUT2D eigenvalue weighted by molar-refractivity contribution is -0.155. The molecule has 1 heterocycles. The van der Waals surface area contributed by atoms with Crippen LogP contribution >= 0.6 is 0 Å². The van der Waals surface area contributed by atoms with Crippen LogP contribution in [-0.4, -0.2) is 44.1 Å². The van der Waals surface area contributed by atoms with Crippen molar-refractivity contribution in [1.82, 2.24) is 0 Å². The van der Waals surface area contributed by atoms with Crippen molar-refractivity contribution in [2.24, 2.45) is 5.92 Å². The zero-order chi connectivity index (χ0) is 17.5. The van der Waals surface area contributed by atoms with E-state index in [0.29, 0.717) is 6.61 Å². The maximum absolute atomic E-state index is 10.3. The summed E-state index contributed by atoms with van der Waals surface area (Å²) in [5.41, 5.74) is 0. The van der Waals surface area contributed by atoms with E-state index in [1.165, 1.54) is 0 Å². The Morgan fingerprint density at radius 2 is 1.65 bits per heavy atom. The molecule has 1 saturated heterocycles. The molecule has 0 saturated carbocycles. The van der Waals surface area contributed by atoms with Crippen molar-refractivity contribution in [2.75, 3.05) is 6.61 Å². The lowest BCUT2D eigenvalue weighted by Gasteiger charge is -2.38. The number of ether oxygens (including phenoxy) is 2. The van der Waals surface area contributed by atoms with Gasteiger partial charge in [0.25, 0.3) is 0 Å². The van der Waals surface area contributed by atoms with Gasteiger partial charge in [0.2, 0.25) is 0 Å². The maximum Gasteiger partial charge on any atom is 0.192 e. The average molecular weight is 341 g/mol. The van der Waals surface area contributed by atoms with Crippen LogP contribution in [0.3, 0.4) is 0 Å². The standard InChI is InChI=1S/C18H32O4Si/c1-17(2,3)23(6,7)20-12-13-10-8-9-11-14(19)16-15(13)21-18(4,5)22-16/h8-11,13-16,19H,12H2,1-7H3/b10-8-,11-9?/t13-,14-,15+,16-/m0/s1. The molecule has 4 nitrogen and oxygen atoms in total. The third kappa shape index (κ3) is 4.34. The van der Waals surface area contributed by atoms with Crippen molar-refractivity contribution in [3.8, 4) is 0 Å². The van der Waals surface area contributed by atoms with E-state index < -0.39 is 20.2 Å². The van der Waals surface area contributed by atoms with Gasteiger partial charge in [-0.1, -0.05) is 45.1 Å². The van der Waals surface area contributed by atoms with Crippen molar-refractivity contribution in [1.29, 1.82) is 0 Å². The lowest BCUT2D eigenvalue weighted by atomic mass is 9.93. The second-order valence-corrected chi connectivity index (χ2v) is 13.4. The molecule has 1 aliphatic heterocycles. The molecule has 0 radical (unpaired) electrons. The molecule has 132 valence electrons. The van der Waals surface area contributed by atoms with Gasteiger partial charge in [0.15, 0.2) is 14.1 Å². The van der Waals surface area contributed by atoms with Gasteiger partial charge in [0.05, 0.1) is 6.10 Å². The quantitative estimate of drug-likeness (QED) is 0.797. The highest BCUT2D eigenvalue weighted by Crippen LogP contribution is 2.39. The van der Waals surface area contributed by atoms with Gasteiger partial charge in [-0.2, -0.15) is 0 Å². The first-order valence-electron chi connectivity index (χ1n) is 8.46. The van der Waals surface area contributed by atoms with E-state index in [9.17, 15) is 5.11 Å². The van der Waals surface area contributed by atoms with Crippen LogP contribution in [0.2, 0.25) is 18.1 Å². The highest BCUT2D eigenvalue weighted by molar-refractivity contribution is 6.74. The van der Waals surface area contributed by atoms with Crippen LogP contribution in [0.1, 0.15) is 34.6 Å². The second-order valence-electron chi connectivity index (χ2n) is 8.56. The Morgan fingerprint density at radius 1 is 1.09 bits per heavy atom. The summed E-state index contributed by atoms with van der Waals surface area (Å²) in [6.45, 7) is 15.6. The van der Waals surface area contributed by atoms with Crippen LogP contribution in [0.4, 0.5) is 0 Å². The summed E-state index contributed by atoms with van der Waals surface area (Å²) in [5, 5.41) is 10.5. The van der Waals surface area contributed by atoms with E-state index in [1.54, 1.807) is 6.08 Å². The molecule has 2 aliphatic rings. The molecule has 5 heteroatoms. The molecule has 0 unspecified atom stereocenters. The normalized spacial score (nSPS) is 35.5. The topological polar surface area (TPSA) is 47.9 Å².